The molecule has 33 nitrogen and oxygen atoms in total. The zero-order valence-corrected chi connectivity index (χ0v) is 62.4. The molecule has 12 bridgehead atoms. The molecule has 8 aromatic rings. The van der Waals surface area contributed by atoms with E-state index in [0.29, 0.717) is 16.8 Å². The third-order valence-electron chi connectivity index (χ3n) is 18.6. The van der Waals surface area contributed by atoms with Gasteiger partial charge in [-0.05, 0) is 105 Å². The lowest BCUT2D eigenvalue weighted by Gasteiger charge is -2.48. The van der Waals surface area contributed by atoms with Gasteiger partial charge in [0.05, 0.1) is 43.1 Å². The smallest absolute Gasteiger partial charge is 0.358 e. The highest BCUT2D eigenvalue weighted by atomic mass is 32.1. The number of pyridine rings is 1. The maximum Gasteiger partial charge on any atom is 0.358 e. The van der Waals surface area contributed by atoms with Crippen LogP contribution in [0.2, 0.25) is 0 Å². The number of esters is 2. The van der Waals surface area contributed by atoms with Gasteiger partial charge in [0, 0.05) is 56.4 Å². The number of cyclic esters (lactones) is 2. The standard InChI is InChI=1S/C68H75N15O18S5/c1-29(55(86)69-15-12-18-82-16-9-10-17-82)70-56(87)38-26-105-64(75-38)49-43(85)19-34-48(77-49)37-24-103-62(72-37)36-23-99-66(92)51-35-22-97-52(53(101-44-20-68(5,94)54(81(6)7)32(4)100-44)67(93)98-21-33-13-11-14-42(45(33)35)83(51)95)50(65-76-39(27-106-65)57(88)71-36)80-59(90)41-28-104-63(74-41)47(31(3)96-8)79-60(91)46(30(2)84)78-58(89)40-25-102-61(34)73-40/h11,13-14,19,24-30,32,36,44,46,50,52-54,84-85,94-95H,9-10,12,15-18,20-23H2,1-8H3,(H,69,86)(H,70,87)(H,71,88)(H,78,89)(H,79,91)(H,80,90)/b47-31+/t29-,30+,32-,36-,44-,46-,50-,52-,53-,54+,68-/m0/s1. The van der Waals surface area contributed by atoms with Gasteiger partial charge in [0.1, 0.15) is 126 Å². The van der Waals surface area contributed by atoms with Gasteiger partial charge in [-0.1, -0.05) is 12.1 Å². The molecule has 5 aliphatic heterocycles. The Hall–Kier alpha value is -9.32. The number of aliphatic hydroxyl groups is 2. The summed E-state index contributed by atoms with van der Waals surface area (Å²) in [6.07, 6.45) is -4.51. The van der Waals surface area contributed by atoms with Gasteiger partial charge in [-0.2, -0.15) is 4.73 Å². The number of benzene rings is 1. The fourth-order valence-corrected chi connectivity index (χ4v) is 17.7. The Morgan fingerprint density at radius 1 is 0.830 bits per heavy atom. The minimum Gasteiger partial charge on any atom is -0.506 e. The van der Waals surface area contributed by atoms with Gasteiger partial charge in [0.15, 0.2) is 18.1 Å². The largest absolute Gasteiger partial charge is 0.506 e. The van der Waals surface area contributed by atoms with Crippen LogP contribution in [0, 0.1) is 0 Å². The molecule has 2 fully saturated rings. The molecular weight excluding hydrogens is 1480 g/mol. The molecule has 5 aliphatic rings. The Balaban J connectivity index is 0.933. The van der Waals surface area contributed by atoms with E-state index in [1.54, 1.807) is 57.3 Å². The third kappa shape index (κ3) is 15.5. The zero-order valence-electron chi connectivity index (χ0n) is 58.3. The van der Waals surface area contributed by atoms with Crippen molar-refractivity contribution in [1.82, 2.24) is 76.3 Å². The van der Waals surface area contributed by atoms with Crippen LogP contribution in [-0.2, 0) is 56.0 Å². The molecule has 0 radical (unpaired) electrons. The van der Waals surface area contributed by atoms with Gasteiger partial charge in [0.25, 0.3) is 23.6 Å². The average molecular weight is 1550 g/mol. The summed E-state index contributed by atoms with van der Waals surface area (Å²) in [5.74, 6) is -7.40. The van der Waals surface area contributed by atoms with E-state index in [1.165, 1.54) is 54.6 Å². The first-order valence-electron chi connectivity index (χ1n) is 33.7. The highest BCUT2D eigenvalue weighted by Crippen LogP contribution is 2.43. The number of carbonyl (C=O) groups excluding carboxylic acids is 8. The number of fused-ring (bicyclic) bond motifs is 15. The predicted octanol–water partition coefficient (Wildman–Crippen LogP) is 4.88. The van der Waals surface area contributed by atoms with Crippen molar-refractivity contribution in [3.8, 4) is 38.4 Å². The first kappa shape index (κ1) is 74.9. The molecule has 12 heterocycles. The number of thiazole rings is 5. The molecule has 11 atom stereocenters. The predicted molar refractivity (Wildman–Crippen MR) is 384 cm³/mol. The van der Waals surface area contributed by atoms with E-state index in [0.717, 1.165) is 95.6 Å². The first-order valence-corrected chi connectivity index (χ1v) is 38.1. The molecular formula is C68H75N15O18S5. The van der Waals surface area contributed by atoms with Crippen molar-refractivity contribution in [3.05, 3.63) is 112 Å². The lowest BCUT2D eigenvalue weighted by atomic mass is 9.85. The number of aromatic nitrogens is 7. The minimum atomic E-state index is -1.92. The summed E-state index contributed by atoms with van der Waals surface area (Å²) in [7, 11) is 4.86. The van der Waals surface area contributed by atoms with Crippen molar-refractivity contribution in [2.75, 3.05) is 54.0 Å². The van der Waals surface area contributed by atoms with Gasteiger partial charge in [-0.3, -0.25) is 28.8 Å². The summed E-state index contributed by atoms with van der Waals surface area (Å²) >= 11 is 4.59. The molecule has 0 unspecified atom stereocenters. The van der Waals surface area contributed by atoms with E-state index in [9.17, 15) is 39.7 Å². The SMILES string of the molecule is CO/C(C)=C1/NC(=O)[C@H]([C@@H](C)O)NC(=O)c2csc(n2)-c2cc(O)c(-c3nc(C(=O)N[C@@H](C)C(=O)NCCCN4CCCC4)cs3)nc2-c2csc(n2)[C@@H]2COC(=O)c3c4c5c(cccc5n3O)COC(=O)[C@@H](O[C@H]3C[C@](C)(O)[C@H](N(C)C)[C@H](C)O3)[C@@H](OC4)[C@H](NC(=O)c3csc1n3)c1nc(cs1)C(=O)N2. The lowest BCUT2D eigenvalue weighted by Crippen LogP contribution is -2.62. The molecule has 0 aliphatic carbocycles. The molecule has 0 spiro atoms. The van der Waals surface area contributed by atoms with E-state index in [-0.39, 0.29) is 105 Å². The number of aliphatic hydroxyl groups excluding tert-OH is 1. The van der Waals surface area contributed by atoms with Crippen LogP contribution in [0.1, 0.15) is 151 Å². The minimum absolute atomic E-state index is 0.000905. The van der Waals surface area contributed by atoms with Crippen molar-refractivity contribution in [2.24, 2.45) is 0 Å². The van der Waals surface area contributed by atoms with Gasteiger partial charge in [-0.15, -0.1) is 56.7 Å². The fraction of sp³-hybridized carbons (Fsp3) is 0.441. The van der Waals surface area contributed by atoms with Crippen molar-refractivity contribution < 1.29 is 87.3 Å². The second-order valence-corrected chi connectivity index (χ2v) is 30.8. The number of nitrogens with zero attached hydrogens (tertiary/aromatic N) is 9. The molecule has 0 saturated carbocycles. The highest BCUT2D eigenvalue weighted by molar-refractivity contribution is 7.14. The summed E-state index contributed by atoms with van der Waals surface area (Å²) in [5.41, 5.74) is -2.56. The number of allylic oxidation sites excluding steroid dienone is 1. The Morgan fingerprint density at radius 3 is 2.25 bits per heavy atom. The molecule has 10 N–H and O–H groups in total. The van der Waals surface area contributed by atoms with Gasteiger partial charge in [-0.25, -0.2) is 39.5 Å². The Bertz CT molecular complexity index is 4760. The Labute approximate surface area is 624 Å². The Morgan fingerprint density at radius 2 is 1.51 bits per heavy atom. The number of amides is 6. The number of ether oxygens (including phenoxy) is 6. The number of aromatic hydroxyl groups is 1. The lowest BCUT2D eigenvalue weighted by molar-refractivity contribution is -0.280. The van der Waals surface area contributed by atoms with Gasteiger partial charge in [0.2, 0.25) is 11.8 Å². The highest BCUT2D eigenvalue weighted by Gasteiger charge is 2.50. The molecule has 106 heavy (non-hydrogen) atoms. The van der Waals surface area contributed by atoms with E-state index in [2.05, 4.69) is 51.8 Å². The first-order chi connectivity index (χ1) is 50.7. The van der Waals surface area contributed by atoms with Gasteiger partial charge < -0.3 is 90.6 Å². The molecule has 13 rings (SSSR count). The van der Waals surface area contributed by atoms with Crippen molar-refractivity contribution >= 4 is 121 Å². The molecule has 38 heteroatoms. The molecule has 6 amide bonds. The van der Waals surface area contributed by atoms with Crippen LogP contribution in [0.25, 0.3) is 49.3 Å². The van der Waals surface area contributed by atoms with Crippen LogP contribution in [-0.4, -0.2) is 221 Å². The normalized spacial score (nSPS) is 24.4. The monoisotopic (exact) mass is 1550 g/mol. The molecule has 2 saturated heterocycles. The number of methoxy groups -OCH3 is 1. The van der Waals surface area contributed by atoms with Crippen molar-refractivity contribution in [1.29, 1.82) is 0 Å². The van der Waals surface area contributed by atoms with Crippen LogP contribution < -0.4 is 31.9 Å². The number of nitrogens with one attached hydrogen (secondary N) is 6. The summed E-state index contributed by atoms with van der Waals surface area (Å²) < 4.78 is 38.4. The number of rotatable bonds is 13. The quantitative estimate of drug-likeness (QED) is 0.0318. The summed E-state index contributed by atoms with van der Waals surface area (Å²) in [5, 5.41) is 71.4. The number of hydrogen-bond acceptors (Lipinski definition) is 31. The summed E-state index contributed by atoms with van der Waals surface area (Å²) in [4.78, 5) is 149. The maximum absolute atomic E-state index is 15.2. The van der Waals surface area contributed by atoms with Crippen LogP contribution in [0.4, 0.5) is 0 Å². The summed E-state index contributed by atoms with van der Waals surface area (Å²) in [6.45, 7) is 9.14. The van der Waals surface area contributed by atoms with E-state index >= 15 is 19.2 Å². The number of hydrogen-bond donors (Lipinski definition) is 10. The van der Waals surface area contributed by atoms with Crippen LogP contribution in [0.5, 0.6) is 5.75 Å². The number of likely N-dealkylation sites (tertiary alicyclic amines) is 1. The van der Waals surface area contributed by atoms with Crippen LogP contribution >= 0.6 is 56.7 Å². The Kier molecular flexibility index (Phi) is 22.1. The second kappa shape index (κ2) is 31.2. The maximum atomic E-state index is 15.2. The van der Waals surface area contributed by atoms with Crippen LogP contribution in [0.15, 0.2) is 56.9 Å². The van der Waals surface area contributed by atoms with Crippen molar-refractivity contribution in [3.63, 3.8) is 0 Å². The molecule has 560 valence electrons. The fourth-order valence-electron chi connectivity index (χ4n) is 13.5. The summed E-state index contributed by atoms with van der Waals surface area (Å²) in [6, 6.07) is -0.224. The topological polar surface area (TPSA) is 434 Å². The molecule has 7 aromatic heterocycles. The van der Waals surface area contributed by atoms with E-state index < -0.39 is 145 Å². The van der Waals surface area contributed by atoms with Gasteiger partial charge >= 0.3 is 11.9 Å². The van der Waals surface area contributed by atoms with Crippen LogP contribution in [0.3, 0.4) is 0 Å². The van der Waals surface area contributed by atoms with E-state index in [4.69, 9.17) is 43.4 Å². The average Bonchev–Trinajstić information content (AvgIpc) is 1.54. The number of carbonyl (C=O) groups is 8. The molecule has 1 aromatic carbocycles. The number of likely N-dealkylation sites (N-methyl/N-ethyl adjacent to an activating group) is 1. The third-order valence-corrected chi connectivity index (χ3v) is 23.1. The van der Waals surface area contributed by atoms with E-state index in [1.807, 2.05) is 0 Å². The zero-order chi connectivity index (χ0) is 75.2. The van der Waals surface area contributed by atoms with Crippen molar-refractivity contribution in [2.45, 2.75) is 140 Å². The second-order valence-electron chi connectivity index (χ2n) is 26.4.